The average molecular weight is 293 g/mol. The molecular weight excluding hydrogens is 270 g/mol. The molecule has 0 unspecified atom stereocenters. The van der Waals surface area contributed by atoms with E-state index in [0.717, 1.165) is 5.56 Å². The van der Waals surface area contributed by atoms with E-state index in [1.165, 1.54) is 6.92 Å². The highest BCUT2D eigenvalue weighted by Gasteiger charge is 2.38. The normalized spacial score (nSPS) is 22.2. The van der Waals surface area contributed by atoms with Gasteiger partial charge in [0, 0.05) is 6.92 Å². The van der Waals surface area contributed by atoms with Crippen molar-refractivity contribution in [3.8, 4) is 0 Å². The Morgan fingerprint density at radius 1 is 1.43 bits per heavy atom. The molecule has 1 aromatic carbocycles. The minimum Gasteiger partial charge on any atom is -0.368 e. The van der Waals surface area contributed by atoms with Crippen LogP contribution in [-0.4, -0.2) is 35.6 Å². The second-order valence-corrected chi connectivity index (χ2v) is 5.75. The van der Waals surface area contributed by atoms with Crippen molar-refractivity contribution in [1.29, 1.82) is 0 Å². The molecule has 0 saturated carbocycles. The Bertz CT molecular complexity index is 474. The van der Waals surface area contributed by atoms with Crippen molar-refractivity contribution >= 4 is 5.97 Å². The summed E-state index contributed by atoms with van der Waals surface area (Å²) in [5.41, 5.74) is 1.07. The Balaban J connectivity index is 2.06. The van der Waals surface area contributed by atoms with E-state index < -0.39 is 5.79 Å². The molecule has 5 nitrogen and oxygen atoms in total. The van der Waals surface area contributed by atoms with Gasteiger partial charge in [0.05, 0.1) is 19.2 Å². The van der Waals surface area contributed by atoms with Crippen LogP contribution >= 0.6 is 0 Å². The van der Waals surface area contributed by atoms with Gasteiger partial charge in [-0.2, -0.15) is 0 Å². The molecule has 21 heavy (non-hydrogen) atoms. The van der Waals surface area contributed by atoms with Crippen LogP contribution in [0.3, 0.4) is 0 Å². The molecule has 0 aliphatic carbocycles. The van der Waals surface area contributed by atoms with Gasteiger partial charge in [0.15, 0.2) is 5.79 Å². The molecule has 2 rings (SSSR count). The maximum Gasteiger partial charge on any atom is 0.322 e. The zero-order valence-electron chi connectivity index (χ0n) is 13.0. The summed E-state index contributed by atoms with van der Waals surface area (Å²) < 4.78 is 11.4. The van der Waals surface area contributed by atoms with Gasteiger partial charge in [0.25, 0.3) is 0 Å². The minimum absolute atomic E-state index is 0.101. The molecule has 0 N–H and O–H groups in total. The maximum atomic E-state index is 11.4. The van der Waals surface area contributed by atoms with E-state index in [2.05, 4.69) is 0 Å². The topological polar surface area (TPSA) is 48.0 Å². The van der Waals surface area contributed by atoms with Crippen LogP contribution in [0.2, 0.25) is 0 Å². The third-order valence-electron chi connectivity index (χ3n) is 3.45. The number of nitrogens with zero attached hydrogens (tertiary/aromatic N) is 1. The number of rotatable bonds is 5. The van der Waals surface area contributed by atoms with Crippen molar-refractivity contribution in [1.82, 2.24) is 5.06 Å². The van der Waals surface area contributed by atoms with Gasteiger partial charge in [-0.25, -0.2) is 0 Å². The quantitative estimate of drug-likeness (QED) is 0.781. The number of hydrogen-bond donors (Lipinski definition) is 0. The number of hydroxylamine groups is 2. The zero-order valence-corrected chi connectivity index (χ0v) is 13.0. The highest BCUT2D eigenvalue weighted by Crippen LogP contribution is 2.26. The molecule has 0 radical (unpaired) electrons. The first kappa shape index (κ1) is 15.9. The molecular formula is C16H23NO4. The molecule has 2 atom stereocenters. The third-order valence-corrected chi connectivity index (χ3v) is 3.45. The second-order valence-electron chi connectivity index (χ2n) is 5.75. The van der Waals surface area contributed by atoms with Gasteiger partial charge < -0.3 is 14.3 Å². The van der Waals surface area contributed by atoms with Gasteiger partial charge in [0.2, 0.25) is 0 Å². The number of ether oxygens (including phenoxy) is 2. The molecule has 0 spiro atoms. The fraction of sp³-hybridized carbons (Fsp3) is 0.562. The second kappa shape index (κ2) is 6.56. The lowest BCUT2D eigenvalue weighted by atomic mass is 10.1. The molecule has 116 valence electrons. The number of carbonyl (C=O) groups is 1. The van der Waals surface area contributed by atoms with Crippen LogP contribution in [0.4, 0.5) is 0 Å². The molecule has 0 amide bonds. The number of carbonyl (C=O) groups excluding carboxylic acids is 1. The highest BCUT2D eigenvalue weighted by molar-refractivity contribution is 5.65. The van der Waals surface area contributed by atoms with E-state index >= 15 is 0 Å². The lowest BCUT2D eigenvalue weighted by Crippen LogP contribution is -2.43. The number of benzene rings is 1. The van der Waals surface area contributed by atoms with E-state index in [-0.39, 0.29) is 18.1 Å². The van der Waals surface area contributed by atoms with E-state index in [9.17, 15) is 4.79 Å². The van der Waals surface area contributed by atoms with Crippen molar-refractivity contribution in [3.05, 3.63) is 35.9 Å². The van der Waals surface area contributed by atoms with Crippen molar-refractivity contribution < 1.29 is 19.1 Å². The van der Waals surface area contributed by atoms with Gasteiger partial charge in [-0.3, -0.25) is 4.79 Å². The predicted molar refractivity (Wildman–Crippen MR) is 78.1 cm³/mol. The molecule has 1 aromatic rings. The van der Waals surface area contributed by atoms with Gasteiger partial charge in [-0.15, -0.1) is 5.06 Å². The largest absolute Gasteiger partial charge is 0.368 e. The van der Waals surface area contributed by atoms with Gasteiger partial charge in [-0.05, 0) is 26.3 Å². The zero-order chi connectivity index (χ0) is 15.5. The molecule has 0 bridgehead atoms. The van der Waals surface area contributed by atoms with Crippen LogP contribution in [0.15, 0.2) is 30.3 Å². The van der Waals surface area contributed by atoms with Gasteiger partial charge in [0.1, 0.15) is 6.10 Å². The van der Waals surface area contributed by atoms with Gasteiger partial charge in [-0.1, -0.05) is 30.3 Å². The Hall–Kier alpha value is -1.43. The first-order valence-corrected chi connectivity index (χ1v) is 7.18. The van der Waals surface area contributed by atoms with Crippen molar-refractivity contribution in [2.75, 3.05) is 6.61 Å². The Morgan fingerprint density at radius 2 is 2.10 bits per heavy atom. The number of hydrogen-bond acceptors (Lipinski definition) is 5. The van der Waals surface area contributed by atoms with Crippen molar-refractivity contribution in [2.24, 2.45) is 0 Å². The summed E-state index contributed by atoms with van der Waals surface area (Å²) in [5, 5.41) is 1.66. The summed E-state index contributed by atoms with van der Waals surface area (Å²) in [6.07, 6.45) is -0.136. The summed E-state index contributed by atoms with van der Waals surface area (Å²) in [4.78, 5) is 16.7. The molecule has 1 fully saturated rings. The van der Waals surface area contributed by atoms with E-state index in [4.69, 9.17) is 14.3 Å². The van der Waals surface area contributed by atoms with Crippen LogP contribution in [-0.2, 0) is 25.7 Å². The average Bonchev–Trinajstić information content (AvgIpc) is 2.78. The van der Waals surface area contributed by atoms with Gasteiger partial charge >= 0.3 is 5.97 Å². The third kappa shape index (κ3) is 4.52. The minimum atomic E-state index is -0.590. The first-order chi connectivity index (χ1) is 9.87. The molecule has 1 saturated heterocycles. The van der Waals surface area contributed by atoms with Crippen LogP contribution in [0, 0.1) is 0 Å². The molecule has 1 aliphatic heterocycles. The smallest absolute Gasteiger partial charge is 0.322 e. The van der Waals surface area contributed by atoms with E-state index in [1.54, 1.807) is 5.06 Å². The Kier molecular flexibility index (Phi) is 4.98. The monoisotopic (exact) mass is 293 g/mol. The fourth-order valence-corrected chi connectivity index (χ4v) is 2.33. The lowest BCUT2D eigenvalue weighted by molar-refractivity contribution is -0.217. The SMILES string of the molecule is CC(=O)ON(Cc1ccccc1)[C@@H](C)[C@H]1COC(C)(C)O1. The molecule has 0 aromatic heterocycles. The molecule has 1 aliphatic rings. The van der Waals surface area contributed by atoms with Crippen LogP contribution in [0.5, 0.6) is 0 Å². The maximum absolute atomic E-state index is 11.4. The summed E-state index contributed by atoms with van der Waals surface area (Å²) >= 11 is 0. The summed E-state index contributed by atoms with van der Waals surface area (Å²) in [6.45, 7) is 8.14. The molecule has 5 heteroatoms. The van der Waals surface area contributed by atoms with Crippen LogP contribution in [0.25, 0.3) is 0 Å². The predicted octanol–water partition coefficient (Wildman–Crippen LogP) is 2.51. The molecule has 1 heterocycles. The van der Waals surface area contributed by atoms with Crippen LogP contribution in [0.1, 0.15) is 33.3 Å². The van der Waals surface area contributed by atoms with Crippen molar-refractivity contribution in [3.63, 3.8) is 0 Å². The fourth-order valence-electron chi connectivity index (χ4n) is 2.33. The highest BCUT2D eigenvalue weighted by atomic mass is 16.8. The van der Waals surface area contributed by atoms with E-state index in [1.807, 2.05) is 51.1 Å². The summed E-state index contributed by atoms with van der Waals surface area (Å²) in [6, 6.07) is 9.78. The Morgan fingerprint density at radius 3 is 2.62 bits per heavy atom. The standard InChI is InChI=1S/C16H23NO4/c1-12(15-11-19-16(3,4)20-15)17(21-13(2)18)10-14-8-6-5-7-9-14/h5-9,12,15H,10-11H2,1-4H3/t12-,15+/m0/s1. The Labute approximate surface area is 125 Å². The lowest BCUT2D eigenvalue weighted by Gasteiger charge is -2.30. The van der Waals surface area contributed by atoms with Crippen LogP contribution < -0.4 is 0 Å². The first-order valence-electron chi connectivity index (χ1n) is 7.18. The van der Waals surface area contributed by atoms with Crippen molar-refractivity contribution in [2.45, 2.75) is 52.2 Å². The summed E-state index contributed by atoms with van der Waals surface area (Å²) in [5.74, 6) is -0.927. The summed E-state index contributed by atoms with van der Waals surface area (Å²) in [7, 11) is 0. The van der Waals surface area contributed by atoms with E-state index in [0.29, 0.717) is 13.2 Å².